The summed E-state index contributed by atoms with van der Waals surface area (Å²) in [6.45, 7) is 6.79. The van der Waals surface area contributed by atoms with E-state index < -0.39 is 23.6 Å². The number of fused-ring (bicyclic) bond motifs is 1. The Labute approximate surface area is 154 Å². The van der Waals surface area contributed by atoms with Gasteiger partial charge in [0, 0.05) is 34.4 Å². The molecule has 0 unspecified atom stereocenters. The van der Waals surface area contributed by atoms with E-state index in [-0.39, 0.29) is 5.56 Å². The molecular weight excluding hydrogens is 357 g/mol. The minimum Gasteiger partial charge on any atom is -0.443 e. The Hall–Kier alpha value is -2.83. The Morgan fingerprint density at radius 2 is 1.70 bits per heavy atom. The molecule has 0 radical (unpaired) electrons. The third-order valence-corrected chi connectivity index (χ3v) is 3.86. The predicted octanol–water partition coefficient (Wildman–Crippen LogP) is 5.81. The van der Waals surface area contributed by atoms with Crippen molar-refractivity contribution in [3.63, 3.8) is 0 Å². The van der Waals surface area contributed by atoms with Crippen LogP contribution in [0.3, 0.4) is 0 Å². The normalized spacial score (nSPS) is 12.4. The third-order valence-electron chi connectivity index (χ3n) is 3.86. The molecule has 0 amide bonds. The van der Waals surface area contributed by atoms with Crippen LogP contribution in [0.2, 0.25) is 0 Å². The van der Waals surface area contributed by atoms with E-state index in [9.17, 15) is 18.0 Å². The fraction of sp³-hybridized carbons (Fsp3) is 0.300. The van der Waals surface area contributed by atoms with Crippen LogP contribution in [0.4, 0.5) is 18.0 Å². The molecule has 0 bridgehead atoms. The lowest BCUT2D eigenvalue weighted by Crippen LogP contribution is -2.26. The maximum atomic E-state index is 13.4. The highest BCUT2D eigenvalue weighted by Crippen LogP contribution is 2.36. The Morgan fingerprint density at radius 3 is 2.33 bits per heavy atom. The summed E-state index contributed by atoms with van der Waals surface area (Å²) in [4.78, 5) is 15.9. The summed E-state index contributed by atoms with van der Waals surface area (Å²) >= 11 is 0. The summed E-state index contributed by atoms with van der Waals surface area (Å²) in [7, 11) is 0. The van der Waals surface area contributed by atoms with Crippen molar-refractivity contribution in [3.05, 3.63) is 54.1 Å². The van der Waals surface area contributed by atoms with Crippen molar-refractivity contribution in [1.82, 2.24) is 9.55 Å². The van der Waals surface area contributed by atoms with Crippen LogP contribution in [0, 0.1) is 6.92 Å². The van der Waals surface area contributed by atoms with E-state index >= 15 is 0 Å². The van der Waals surface area contributed by atoms with Gasteiger partial charge < -0.3 is 4.74 Å². The number of pyridine rings is 1. The highest BCUT2D eigenvalue weighted by molar-refractivity contribution is 5.90. The lowest BCUT2D eigenvalue weighted by atomic mass is 10.0. The quantitative estimate of drug-likeness (QED) is 0.538. The number of benzene rings is 1. The number of nitrogens with zero attached hydrogens (tertiary/aromatic N) is 2. The van der Waals surface area contributed by atoms with Crippen molar-refractivity contribution in [2.24, 2.45) is 0 Å². The molecule has 1 aromatic carbocycles. The molecule has 0 aliphatic heterocycles. The molecule has 0 saturated carbocycles. The lowest BCUT2D eigenvalue weighted by Gasteiger charge is -2.19. The first kappa shape index (κ1) is 18.9. The smallest absolute Gasteiger partial charge is 0.433 e. The summed E-state index contributed by atoms with van der Waals surface area (Å²) in [5, 5.41) is 1.35. The summed E-state index contributed by atoms with van der Waals surface area (Å²) in [6, 6.07) is 7.82. The van der Waals surface area contributed by atoms with Gasteiger partial charge in [0.25, 0.3) is 0 Å². The topological polar surface area (TPSA) is 44.1 Å². The zero-order chi connectivity index (χ0) is 20.0. The van der Waals surface area contributed by atoms with E-state index in [1.54, 1.807) is 57.4 Å². The van der Waals surface area contributed by atoms with Crippen molar-refractivity contribution in [3.8, 4) is 11.1 Å². The molecule has 3 rings (SSSR count). The average Bonchev–Trinajstić information content (AvgIpc) is 2.95. The molecule has 27 heavy (non-hydrogen) atoms. The average molecular weight is 376 g/mol. The molecule has 4 nitrogen and oxygen atoms in total. The monoisotopic (exact) mass is 376 g/mol. The van der Waals surface area contributed by atoms with Gasteiger partial charge >= 0.3 is 12.3 Å². The van der Waals surface area contributed by atoms with Crippen molar-refractivity contribution in [2.45, 2.75) is 39.5 Å². The van der Waals surface area contributed by atoms with Gasteiger partial charge in [0.05, 0.1) is 0 Å². The first-order valence-corrected chi connectivity index (χ1v) is 8.34. The Kier molecular flexibility index (Phi) is 4.49. The van der Waals surface area contributed by atoms with Gasteiger partial charge in [0.15, 0.2) is 5.69 Å². The summed E-state index contributed by atoms with van der Waals surface area (Å²) in [5.41, 5.74) is -0.894. The summed E-state index contributed by atoms with van der Waals surface area (Å²) in [6.07, 6.45) is -1.97. The zero-order valence-corrected chi connectivity index (χ0v) is 15.4. The van der Waals surface area contributed by atoms with Crippen LogP contribution in [0.15, 0.2) is 42.7 Å². The van der Waals surface area contributed by atoms with Crippen LogP contribution < -0.4 is 0 Å². The van der Waals surface area contributed by atoms with Gasteiger partial charge in [0.1, 0.15) is 5.60 Å². The van der Waals surface area contributed by atoms with Crippen LogP contribution in [0.1, 0.15) is 32.2 Å². The second-order valence-corrected chi connectivity index (χ2v) is 7.34. The molecular formula is C20H19F3N2O2. The molecule has 2 heterocycles. The maximum Gasteiger partial charge on any atom is 0.433 e. The van der Waals surface area contributed by atoms with Crippen LogP contribution in [0.5, 0.6) is 0 Å². The molecule has 2 aromatic heterocycles. The molecule has 0 N–H and O–H groups in total. The summed E-state index contributed by atoms with van der Waals surface area (Å²) in [5.74, 6) is 0. The van der Waals surface area contributed by atoms with Gasteiger partial charge in [-0.2, -0.15) is 13.2 Å². The van der Waals surface area contributed by atoms with Crippen molar-refractivity contribution in [1.29, 1.82) is 0 Å². The molecule has 0 saturated heterocycles. The van der Waals surface area contributed by atoms with Gasteiger partial charge in [-0.05, 0) is 45.4 Å². The fourth-order valence-electron chi connectivity index (χ4n) is 2.73. The minimum atomic E-state index is -4.56. The van der Waals surface area contributed by atoms with E-state index in [4.69, 9.17) is 4.74 Å². The van der Waals surface area contributed by atoms with E-state index in [0.717, 1.165) is 5.39 Å². The number of hydrogen-bond donors (Lipinski definition) is 0. The number of hydrogen-bond acceptors (Lipinski definition) is 3. The third kappa shape index (κ3) is 4.13. The van der Waals surface area contributed by atoms with Gasteiger partial charge in [-0.25, -0.2) is 9.78 Å². The van der Waals surface area contributed by atoms with Crippen molar-refractivity contribution >= 4 is 16.9 Å². The highest BCUT2D eigenvalue weighted by atomic mass is 19.4. The minimum absolute atomic E-state index is 0.0000167. The number of alkyl halides is 3. The number of halogens is 3. The SMILES string of the molecule is Cc1ccc(-c2ccc3cn(C(=O)OC(C)(C)C)cc3c2)c(C(F)(F)F)n1. The van der Waals surface area contributed by atoms with Crippen LogP contribution >= 0.6 is 0 Å². The summed E-state index contributed by atoms with van der Waals surface area (Å²) < 4.78 is 46.7. The second kappa shape index (κ2) is 6.40. The molecule has 0 spiro atoms. The van der Waals surface area contributed by atoms with Crippen molar-refractivity contribution < 1.29 is 22.7 Å². The Balaban J connectivity index is 2.05. The Bertz CT molecular complexity index is 1010. The molecule has 7 heteroatoms. The zero-order valence-electron chi connectivity index (χ0n) is 15.4. The lowest BCUT2D eigenvalue weighted by molar-refractivity contribution is -0.140. The molecule has 0 aliphatic rings. The Morgan fingerprint density at radius 1 is 1.04 bits per heavy atom. The fourth-order valence-corrected chi connectivity index (χ4v) is 2.73. The number of aryl methyl sites for hydroxylation is 1. The van der Waals surface area contributed by atoms with E-state index in [2.05, 4.69) is 4.98 Å². The van der Waals surface area contributed by atoms with Crippen LogP contribution in [-0.4, -0.2) is 21.2 Å². The number of ether oxygens (including phenoxy) is 1. The number of carbonyl (C=O) groups is 1. The van der Waals surface area contributed by atoms with Gasteiger partial charge in [0.2, 0.25) is 0 Å². The highest BCUT2D eigenvalue weighted by Gasteiger charge is 2.35. The van der Waals surface area contributed by atoms with E-state index in [1.165, 1.54) is 17.6 Å². The number of aromatic nitrogens is 2. The second-order valence-electron chi connectivity index (χ2n) is 7.34. The molecule has 3 aromatic rings. The predicted molar refractivity (Wildman–Crippen MR) is 96.5 cm³/mol. The van der Waals surface area contributed by atoms with Crippen LogP contribution in [-0.2, 0) is 10.9 Å². The molecule has 0 fully saturated rings. The molecule has 142 valence electrons. The standard InChI is InChI=1S/C20H19F3N2O2/c1-12-5-8-16(17(24-12)20(21,22)23)13-6-7-14-10-25(11-15(14)9-13)18(26)27-19(2,3)4/h5-11H,1-4H3. The van der Waals surface area contributed by atoms with E-state index in [0.29, 0.717) is 16.6 Å². The molecule has 0 aliphatic carbocycles. The maximum absolute atomic E-state index is 13.4. The number of rotatable bonds is 1. The van der Waals surface area contributed by atoms with Gasteiger partial charge in [-0.3, -0.25) is 4.57 Å². The first-order chi connectivity index (χ1) is 12.4. The largest absolute Gasteiger partial charge is 0.443 e. The van der Waals surface area contributed by atoms with Gasteiger partial charge in [-0.15, -0.1) is 0 Å². The number of carbonyl (C=O) groups excluding carboxylic acids is 1. The first-order valence-electron chi connectivity index (χ1n) is 8.34. The van der Waals surface area contributed by atoms with Crippen LogP contribution in [0.25, 0.3) is 21.9 Å². The van der Waals surface area contributed by atoms with Gasteiger partial charge in [-0.1, -0.05) is 18.2 Å². The van der Waals surface area contributed by atoms with E-state index in [1.807, 2.05) is 0 Å². The van der Waals surface area contributed by atoms with Crippen molar-refractivity contribution in [2.75, 3.05) is 0 Å². The molecule has 0 atom stereocenters.